The van der Waals surface area contributed by atoms with Gasteiger partial charge in [0.2, 0.25) is 11.8 Å². The van der Waals surface area contributed by atoms with E-state index in [1.807, 2.05) is 77.1 Å². The fraction of sp³-hybridized carbons (Fsp3) is 0.429. The van der Waals surface area contributed by atoms with Gasteiger partial charge in [0.05, 0.1) is 12.5 Å². The number of carbonyl (C=O) groups is 3. The van der Waals surface area contributed by atoms with Crippen LogP contribution in [0.5, 0.6) is 0 Å². The van der Waals surface area contributed by atoms with Crippen LogP contribution in [-0.2, 0) is 20.8 Å². The summed E-state index contributed by atoms with van der Waals surface area (Å²) in [5.41, 5.74) is 0.678. The number of likely N-dealkylation sites (N-methyl/N-ethyl adjacent to an activating group) is 1. The molecule has 0 bridgehead atoms. The Balaban J connectivity index is 2.18. The lowest BCUT2D eigenvalue weighted by Crippen LogP contribution is -2.56. The minimum Gasteiger partial charge on any atom is -0.478 e. The molecule has 0 fully saturated rings. The van der Waals surface area contributed by atoms with E-state index in [0.717, 1.165) is 16.3 Å². The van der Waals surface area contributed by atoms with Crippen LogP contribution >= 0.6 is 0 Å². The van der Waals surface area contributed by atoms with Crippen molar-refractivity contribution in [1.29, 1.82) is 0 Å². The van der Waals surface area contributed by atoms with Crippen LogP contribution in [0.25, 0.3) is 10.8 Å². The molecule has 2 N–H and O–H groups in total. The Bertz CT molecular complexity index is 1060. The molecule has 34 heavy (non-hydrogen) atoms. The number of nitrogens with zero attached hydrogens (tertiary/aromatic N) is 1. The summed E-state index contributed by atoms with van der Waals surface area (Å²) in [7, 11) is 1.66. The molecule has 0 aliphatic rings. The minimum absolute atomic E-state index is 0.00232. The number of carboxylic acids is 1. The maximum Gasteiger partial charge on any atom is 0.331 e. The smallest absolute Gasteiger partial charge is 0.331 e. The predicted molar refractivity (Wildman–Crippen MR) is 136 cm³/mol. The average molecular weight is 466 g/mol. The Morgan fingerprint density at radius 1 is 1.06 bits per heavy atom. The number of hydrogen-bond donors (Lipinski definition) is 2. The van der Waals surface area contributed by atoms with E-state index in [9.17, 15) is 19.5 Å². The minimum atomic E-state index is -1.02. The maximum atomic E-state index is 13.5. The molecule has 0 saturated heterocycles. The largest absolute Gasteiger partial charge is 0.478 e. The Morgan fingerprint density at radius 2 is 1.68 bits per heavy atom. The third kappa shape index (κ3) is 6.92. The summed E-state index contributed by atoms with van der Waals surface area (Å²) in [6.45, 7) is 11.1. The van der Waals surface area contributed by atoms with Crippen molar-refractivity contribution in [2.24, 2.45) is 11.3 Å². The van der Waals surface area contributed by atoms with Crippen molar-refractivity contribution < 1.29 is 19.5 Å². The summed E-state index contributed by atoms with van der Waals surface area (Å²) < 4.78 is 0. The molecular formula is C28H37N2O4. The number of aliphatic carboxylic acids is 1. The van der Waals surface area contributed by atoms with E-state index in [2.05, 4.69) is 5.32 Å². The van der Waals surface area contributed by atoms with E-state index in [1.54, 1.807) is 19.5 Å². The zero-order valence-electron chi connectivity index (χ0n) is 21.3. The molecule has 2 amide bonds. The molecule has 183 valence electrons. The molecule has 0 spiro atoms. The summed E-state index contributed by atoms with van der Waals surface area (Å²) in [5.74, 6) is -1.59. The molecule has 0 aromatic heterocycles. The SMILES string of the molecule is C/C(=C\[C@H](C(C)C)N(C)C(=O)[C@@H](NC(=O)[CH]Cc1cccc2ccccc12)C(C)(C)C)C(=O)O. The lowest BCUT2D eigenvalue weighted by molar-refractivity contribution is -0.139. The molecule has 2 aromatic carbocycles. The van der Waals surface area contributed by atoms with E-state index in [4.69, 9.17) is 0 Å². The molecule has 0 saturated carbocycles. The third-order valence-electron chi connectivity index (χ3n) is 6.02. The third-order valence-corrected chi connectivity index (χ3v) is 6.02. The van der Waals surface area contributed by atoms with E-state index >= 15 is 0 Å². The van der Waals surface area contributed by atoms with Crippen molar-refractivity contribution >= 4 is 28.6 Å². The number of carbonyl (C=O) groups excluding carboxylic acids is 2. The fourth-order valence-corrected chi connectivity index (χ4v) is 3.95. The summed E-state index contributed by atoms with van der Waals surface area (Å²) >= 11 is 0. The van der Waals surface area contributed by atoms with Crippen LogP contribution in [0.3, 0.4) is 0 Å². The number of hydrogen-bond acceptors (Lipinski definition) is 3. The predicted octanol–water partition coefficient (Wildman–Crippen LogP) is 4.63. The Labute approximate surface area is 203 Å². The van der Waals surface area contributed by atoms with Gasteiger partial charge in [0, 0.05) is 12.6 Å². The Hall–Kier alpha value is -3.15. The Morgan fingerprint density at radius 3 is 2.26 bits per heavy atom. The van der Waals surface area contributed by atoms with E-state index in [0.29, 0.717) is 6.42 Å². The molecule has 2 aromatic rings. The monoisotopic (exact) mass is 465 g/mol. The first-order valence-corrected chi connectivity index (χ1v) is 11.6. The first kappa shape index (κ1) is 27.1. The van der Waals surface area contributed by atoms with Gasteiger partial charge in [-0.3, -0.25) is 9.59 Å². The van der Waals surface area contributed by atoms with Crippen molar-refractivity contribution in [1.82, 2.24) is 10.2 Å². The van der Waals surface area contributed by atoms with E-state index in [-0.39, 0.29) is 23.3 Å². The van der Waals surface area contributed by atoms with Crippen molar-refractivity contribution in [3.05, 3.63) is 66.1 Å². The van der Waals surface area contributed by atoms with Crippen LogP contribution in [0, 0.1) is 17.8 Å². The van der Waals surface area contributed by atoms with Gasteiger partial charge in [0.15, 0.2) is 0 Å². The van der Waals surface area contributed by atoms with Gasteiger partial charge in [-0.25, -0.2) is 4.79 Å². The summed E-state index contributed by atoms with van der Waals surface area (Å²) in [6, 6.07) is 12.8. The normalized spacial score (nSPS) is 14.1. The van der Waals surface area contributed by atoms with Gasteiger partial charge < -0.3 is 15.3 Å². The summed E-state index contributed by atoms with van der Waals surface area (Å²) in [5, 5.41) is 14.4. The fourth-order valence-electron chi connectivity index (χ4n) is 3.95. The molecule has 0 aliphatic carbocycles. The van der Waals surface area contributed by atoms with Gasteiger partial charge in [-0.2, -0.15) is 0 Å². The van der Waals surface area contributed by atoms with Gasteiger partial charge in [0.25, 0.3) is 0 Å². The zero-order valence-corrected chi connectivity index (χ0v) is 21.3. The van der Waals surface area contributed by atoms with Crippen molar-refractivity contribution in [3.8, 4) is 0 Å². The zero-order chi connectivity index (χ0) is 25.6. The van der Waals surface area contributed by atoms with Crippen molar-refractivity contribution in [2.75, 3.05) is 7.05 Å². The molecule has 2 atom stereocenters. The van der Waals surface area contributed by atoms with Gasteiger partial charge >= 0.3 is 5.97 Å². The van der Waals surface area contributed by atoms with Gasteiger partial charge in [0.1, 0.15) is 6.04 Å². The molecule has 6 nitrogen and oxygen atoms in total. The van der Waals surface area contributed by atoms with Crippen LogP contribution in [0.15, 0.2) is 54.1 Å². The topological polar surface area (TPSA) is 86.7 Å². The van der Waals surface area contributed by atoms with Crippen LogP contribution in [0.1, 0.15) is 47.1 Å². The van der Waals surface area contributed by atoms with Crippen LogP contribution in [0.2, 0.25) is 0 Å². The van der Waals surface area contributed by atoms with Gasteiger partial charge in [-0.1, -0.05) is 83.2 Å². The van der Waals surface area contributed by atoms with Gasteiger partial charge in [-0.15, -0.1) is 0 Å². The van der Waals surface area contributed by atoms with Crippen LogP contribution in [-0.4, -0.2) is 46.9 Å². The van der Waals surface area contributed by atoms with Crippen molar-refractivity contribution in [2.45, 2.75) is 60.0 Å². The Kier molecular flexibility index (Phi) is 9.02. The number of carboxylic acid groups (broad SMARTS) is 1. The van der Waals surface area contributed by atoms with Gasteiger partial charge in [-0.05, 0) is 41.0 Å². The molecule has 2 rings (SSSR count). The molecule has 1 radical (unpaired) electrons. The number of fused-ring (bicyclic) bond motifs is 1. The second kappa shape index (κ2) is 11.3. The second-order valence-corrected chi connectivity index (χ2v) is 10.2. The first-order chi connectivity index (χ1) is 15.8. The average Bonchev–Trinajstić information content (AvgIpc) is 2.77. The molecule has 0 heterocycles. The summed E-state index contributed by atoms with van der Waals surface area (Å²) in [4.78, 5) is 39.2. The van der Waals surface area contributed by atoms with Crippen LogP contribution < -0.4 is 5.32 Å². The molecular weight excluding hydrogens is 428 g/mol. The first-order valence-electron chi connectivity index (χ1n) is 11.6. The quantitative estimate of drug-likeness (QED) is 0.529. The maximum absolute atomic E-state index is 13.5. The highest BCUT2D eigenvalue weighted by molar-refractivity contribution is 5.93. The molecule has 0 aliphatic heterocycles. The number of benzene rings is 2. The lowest BCUT2D eigenvalue weighted by atomic mass is 9.85. The standard InChI is InChI=1S/C28H37N2O4/c1-18(2)23(17-19(3)27(33)34)30(7)26(32)25(28(4,5)6)29-24(31)16-15-21-13-10-12-20-11-8-9-14-22(20)21/h8-14,16-18,23,25H,15H2,1-7H3,(H,29,31)(H,33,34)/b19-17+/t23-,25-/m1/s1. The number of nitrogens with one attached hydrogen (secondary N) is 1. The van der Waals surface area contributed by atoms with Crippen molar-refractivity contribution in [3.63, 3.8) is 0 Å². The lowest BCUT2D eigenvalue weighted by Gasteiger charge is -2.37. The molecule has 0 unspecified atom stereocenters. The molecule has 6 heteroatoms. The number of amides is 2. The highest BCUT2D eigenvalue weighted by Gasteiger charge is 2.37. The second-order valence-electron chi connectivity index (χ2n) is 10.2. The van der Waals surface area contributed by atoms with Crippen LogP contribution in [0.4, 0.5) is 0 Å². The van der Waals surface area contributed by atoms with E-state index < -0.39 is 23.5 Å². The highest BCUT2D eigenvalue weighted by atomic mass is 16.4. The number of rotatable bonds is 9. The summed E-state index contributed by atoms with van der Waals surface area (Å²) in [6.07, 6.45) is 3.62. The highest BCUT2D eigenvalue weighted by Crippen LogP contribution is 2.24. The van der Waals surface area contributed by atoms with E-state index in [1.165, 1.54) is 11.8 Å².